The highest BCUT2D eigenvalue weighted by Gasteiger charge is 2.10. The van der Waals surface area contributed by atoms with Crippen LogP contribution in [0.1, 0.15) is 40.5 Å². The zero-order valence-electron chi connectivity index (χ0n) is 16.8. The Morgan fingerprint density at radius 2 is 1.50 bits per heavy atom. The fourth-order valence-electron chi connectivity index (χ4n) is 2.29. The van der Waals surface area contributed by atoms with Crippen molar-refractivity contribution in [3.05, 3.63) is 72.3 Å². The molecule has 3 N–H and O–H groups in total. The van der Waals surface area contributed by atoms with Crippen LogP contribution < -0.4 is 25.6 Å². The van der Waals surface area contributed by atoms with E-state index in [0.717, 1.165) is 12.8 Å². The van der Waals surface area contributed by atoms with Gasteiger partial charge in [0.1, 0.15) is 18.1 Å². The number of hydrogen-bond donors (Lipinski definition) is 3. The molecule has 0 aromatic heterocycles. The van der Waals surface area contributed by atoms with Crippen LogP contribution in [0.15, 0.2) is 61.2 Å². The molecule has 2 rings (SSSR count). The Morgan fingerprint density at radius 3 is 2.07 bits per heavy atom. The van der Waals surface area contributed by atoms with Crippen LogP contribution in [0.4, 0.5) is 0 Å². The maximum absolute atomic E-state index is 12.3. The van der Waals surface area contributed by atoms with Crippen LogP contribution in [-0.2, 0) is 0 Å². The minimum absolute atomic E-state index is 0.0254. The van der Waals surface area contributed by atoms with Crippen molar-refractivity contribution >= 4 is 29.1 Å². The number of carbonyl (C=O) groups excluding carboxylic acids is 2. The molecule has 30 heavy (non-hydrogen) atoms. The highest BCUT2D eigenvalue weighted by atomic mass is 32.1. The summed E-state index contributed by atoms with van der Waals surface area (Å²) in [5.41, 5.74) is 5.76. The Kier molecular flexibility index (Phi) is 9.33. The van der Waals surface area contributed by atoms with Gasteiger partial charge in [-0.1, -0.05) is 26.0 Å². The highest BCUT2D eigenvalue weighted by Crippen LogP contribution is 2.13. The van der Waals surface area contributed by atoms with E-state index in [9.17, 15) is 9.59 Å². The number of hydrazine groups is 1. The van der Waals surface area contributed by atoms with Gasteiger partial charge in [0, 0.05) is 11.1 Å². The first-order valence-electron chi connectivity index (χ1n) is 9.51. The van der Waals surface area contributed by atoms with E-state index in [1.165, 1.54) is 0 Å². The van der Waals surface area contributed by atoms with Crippen molar-refractivity contribution in [2.75, 3.05) is 13.2 Å². The smallest absolute Gasteiger partial charge is 0.269 e. The fraction of sp³-hybridized carbons (Fsp3) is 0.227. The largest absolute Gasteiger partial charge is 0.494 e. The molecule has 0 atom stereocenters. The molecular formula is C22H25N3O4S. The summed E-state index contributed by atoms with van der Waals surface area (Å²) in [7, 11) is 0. The predicted octanol–water partition coefficient (Wildman–Crippen LogP) is 3.38. The minimum Gasteiger partial charge on any atom is -0.494 e. The fourth-order valence-corrected chi connectivity index (χ4v) is 2.43. The van der Waals surface area contributed by atoms with Crippen molar-refractivity contribution in [1.82, 2.24) is 16.2 Å². The summed E-state index contributed by atoms with van der Waals surface area (Å²) in [6.45, 7) is 6.69. The van der Waals surface area contributed by atoms with Gasteiger partial charge in [0.15, 0.2) is 5.11 Å². The number of carbonyl (C=O) groups is 2. The van der Waals surface area contributed by atoms with Crippen LogP contribution in [-0.4, -0.2) is 30.1 Å². The molecule has 0 aliphatic carbocycles. The molecule has 7 nitrogen and oxygen atoms in total. The van der Waals surface area contributed by atoms with Gasteiger partial charge in [-0.05, 0) is 67.2 Å². The van der Waals surface area contributed by atoms with Crippen molar-refractivity contribution in [2.24, 2.45) is 0 Å². The monoisotopic (exact) mass is 427 g/mol. The van der Waals surface area contributed by atoms with Crippen LogP contribution in [0.2, 0.25) is 0 Å². The molecule has 0 saturated carbocycles. The molecule has 2 aromatic rings. The second-order valence-corrected chi connectivity index (χ2v) is 6.62. The van der Waals surface area contributed by atoms with Crippen LogP contribution in [0.3, 0.4) is 0 Å². The molecule has 0 heterocycles. The number of rotatable bonds is 9. The molecule has 158 valence electrons. The third-order valence-corrected chi connectivity index (χ3v) is 4.09. The molecule has 0 spiro atoms. The summed E-state index contributed by atoms with van der Waals surface area (Å²) >= 11 is 5.05. The van der Waals surface area contributed by atoms with Crippen LogP contribution in [0.25, 0.3) is 0 Å². The van der Waals surface area contributed by atoms with E-state index < -0.39 is 11.8 Å². The van der Waals surface area contributed by atoms with Crippen LogP contribution in [0, 0.1) is 0 Å². The number of unbranched alkanes of at least 4 members (excludes halogenated alkanes) is 1. The SMILES string of the molecule is C=CCOc1ccc(C(=O)NNC(=S)NC(=O)c2ccc(OCCCC)cc2)cc1. The quantitative estimate of drug-likeness (QED) is 0.246. The Hall–Kier alpha value is -3.39. The van der Waals surface area contributed by atoms with Gasteiger partial charge < -0.3 is 9.47 Å². The zero-order chi connectivity index (χ0) is 21.8. The van der Waals surface area contributed by atoms with E-state index >= 15 is 0 Å². The summed E-state index contributed by atoms with van der Waals surface area (Å²) in [5, 5.41) is 2.48. The predicted molar refractivity (Wildman–Crippen MR) is 120 cm³/mol. The second kappa shape index (κ2) is 12.2. The average Bonchev–Trinajstić information content (AvgIpc) is 2.77. The lowest BCUT2D eigenvalue weighted by molar-refractivity contribution is 0.0934. The normalized spacial score (nSPS) is 9.90. The van der Waals surface area contributed by atoms with Crippen molar-refractivity contribution in [1.29, 1.82) is 0 Å². The van der Waals surface area contributed by atoms with E-state index in [2.05, 4.69) is 29.7 Å². The van der Waals surface area contributed by atoms with Gasteiger partial charge in [0.25, 0.3) is 11.8 Å². The lowest BCUT2D eigenvalue weighted by Crippen LogP contribution is -2.48. The third kappa shape index (κ3) is 7.56. The number of benzene rings is 2. The maximum Gasteiger partial charge on any atom is 0.269 e. The second-order valence-electron chi connectivity index (χ2n) is 6.21. The van der Waals surface area contributed by atoms with Crippen molar-refractivity contribution in [3.63, 3.8) is 0 Å². The summed E-state index contributed by atoms with van der Waals surface area (Å²) < 4.78 is 10.9. The number of amides is 2. The van der Waals surface area contributed by atoms with Gasteiger partial charge in [-0.2, -0.15) is 0 Å². The number of ether oxygens (including phenoxy) is 2. The highest BCUT2D eigenvalue weighted by molar-refractivity contribution is 7.80. The maximum atomic E-state index is 12.3. The first-order chi connectivity index (χ1) is 14.5. The van der Waals surface area contributed by atoms with Crippen LogP contribution in [0.5, 0.6) is 11.5 Å². The van der Waals surface area contributed by atoms with E-state index in [0.29, 0.717) is 35.8 Å². The van der Waals surface area contributed by atoms with E-state index in [1.807, 2.05) is 0 Å². The van der Waals surface area contributed by atoms with Crippen molar-refractivity contribution in [3.8, 4) is 11.5 Å². The Balaban J connectivity index is 1.78. The molecule has 8 heteroatoms. The summed E-state index contributed by atoms with van der Waals surface area (Å²) in [6.07, 6.45) is 3.66. The third-order valence-electron chi connectivity index (χ3n) is 3.88. The standard InChI is InChI=1S/C22H25N3O4S/c1-3-5-15-29-19-10-6-16(7-11-19)20(26)23-22(30)25-24-21(27)17-8-12-18(13-9-17)28-14-4-2/h4,6-13H,2-3,5,14-15H2,1H3,(H,24,27)(H2,23,25,26,30). The number of nitrogens with one attached hydrogen (secondary N) is 3. The van der Waals surface area contributed by atoms with Gasteiger partial charge in [-0.15, -0.1) is 0 Å². The molecular weight excluding hydrogens is 402 g/mol. The van der Waals surface area contributed by atoms with Crippen LogP contribution >= 0.6 is 12.2 Å². The minimum atomic E-state index is -0.407. The summed E-state index contributed by atoms with van der Waals surface area (Å²) in [6, 6.07) is 13.3. The molecule has 0 aliphatic heterocycles. The molecule has 0 fully saturated rings. The Morgan fingerprint density at radius 1 is 0.933 bits per heavy atom. The Bertz CT molecular complexity index is 867. The molecule has 2 amide bonds. The topological polar surface area (TPSA) is 88.7 Å². The van der Waals surface area contributed by atoms with E-state index in [-0.39, 0.29) is 5.11 Å². The van der Waals surface area contributed by atoms with Gasteiger partial charge >= 0.3 is 0 Å². The molecule has 0 aliphatic rings. The number of hydrogen-bond acceptors (Lipinski definition) is 5. The lowest BCUT2D eigenvalue weighted by Gasteiger charge is -2.11. The molecule has 0 bridgehead atoms. The molecule has 0 saturated heterocycles. The molecule has 2 aromatic carbocycles. The average molecular weight is 428 g/mol. The van der Waals surface area contributed by atoms with Crippen molar-refractivity contribution < 1.29 is 19.1 Å². The van der Waals surface area contributed by atoms with E-state index in [1.54, 1.807) is 54.6 Å². The first-order valence-corrected chi connectivity index (χ1v) is 9.92. The van der Waals surface area contributed by atoms with E-state index in [4.69, 9.17) is 21.7 Å². The molecule has 0 unspecified atom stereocenters. The zero-order valence-corrected chi connectivity index (χ0v) is 17.6. The lowest BCUT2D eigenvalue weighted by atomic mass is 10.2. The summed E-state index contributed by atoms with van der Waals surface area (Å²) in [5.74, 6) is 0.527. The van der Waals surface area contributed by atoms with Gasteiger partial charge in [0.05, 0.1) is 6.61 Å². The van der Waals surface area contributed by atoms with Crippen molar-refractivity contribution in [2.45, 2.75) is 19.8 Å². The number of thiocarbonyl (C=S) groups is 1. The Labute approximate surface area is 181 Å². The van der Waals surface area contributed by atoms with Gasteiger partial charge in [0.2, 0.25) is 0 Å². The molecule has 0 radical (unpaired) electrons. The first kappa shape index (κ1) is 22.9. The van der Waals surface area contributed by atoms with Gasteiger partial charge in [-0.25, -0.2) is 0 Å². The van der Waals surface area contributed by atoms with Gasteiger partial charge in [-0.3, -0.25) is 25.8 Å². The summed E-state index contributed by atoms with van der Waals surface area (Å²) in [4.78, 5) is 24.4.